The van der Waals surface area contributed by atoms with Gasteiger partial charge in [-0.1, -0.05) is 17.7 Å². The number of ether oxygens (including phenoxy) is 1. The molecule has 1 heterocycles. The summed E-state index contributed by atoms with van der Waals surface area (Å²) in [5, 5.41) is 0.257. The van der Waals surface area contributed by atoms with Crippen molar-refractivity contribution < 1.29 is 23.9 Å². The predicted molar refractivity (Wildman–Crippen MR) is 76.1 cm³/mol. The molecular weight excluding hydrogens is 312 g/mol. The smallest absolute Gasteiger partial charge is 0.326 e. The SMILES string of the molecule is COC(=O)C1(CC(N)=O)C(=O)N(C)C(=O)c2cc(Cl)ccc21. The van der Waals surface area contributed by atoms with Gasteiger partial charge in [0.2, 0.25) is 5.91 Å². The first-order valence-electron chi connectivity index (χ1n) is 6.25. The van der Waals surface area contributed by atoms with E-state index in [1.165, 1.54) is 25.2 Å². The van der Waals surface area contributed by atoms with Crippen LogP contribution in [0.25, 0.3) is 0 Å². The monoisotopic (exact) mass is 324 g/mol. The number of carbonyl (C=O) groups excluding carboxylic acids is 4. The average molecular weight is 325 g/mol. The average Bonchev–Trinajstić information content (AvgIpc) is 2.48. The molecule has 0 spiro atoms. The third-order valence-electron chi connectivity index (χ3n) is 3.62. The summed E-state index contributed by atoms with van der Waals surface area (Å²) in [5.74, 6) is -3.31. The van der Waals surface area contributed by atoms with Gasteiger partial charge >= 0.3 is 5.97 Å². The van der Waals surface area contributed by atoms with Gasteiger partial charge < -0.3 is 10.5 Å². The molecule has 3 amide bonds. The number of hydrogen-bond acceptors (Lipinski definition) is 5. The molecule has 2 rings (SSSR count). The minimum absolute atomic E-state index is 0.0567. The van der Waals surface area contributed by atoms with E-state index in [1.807, 2.05) is 0 Å². The fraction of sp³-hybridized carbons (Fsp3) is 0.286. The normalized spacial score (nSPS) is 20.6. The first-order valence-corrected chi connectivity index (χ1v) is 6.62. The van der Waals surface area contributed by atoms with Crippen LogP contribution in [0.15, 0.2) is 18.2 Å². The Hall–Kier alpha value is -2.41. The molecule has 0 aromatic heterocycles. The minimum Gasteiger partial charge on any atom is -0.468 e. The summed E-state index contributed by atoms with van der Waals surface area (Å²) in [6.45, 7) is 0. The number of primary amides is 1. The third kappa shape index (κ3) is 2.14. The Morgan fingerprint density at radius 2 is 2.00 bits per heavy atom. The zero-order valence-corrected chi connectivity index (χ0v) is 12.6. The van der Waals surface area contributed by atoms with Gasteiger partial charge in [0.15, 0.2) is 5.41 Å². The largest absolute Gasteiger partial charge is 0.468 e. The molecule has 116 valence electrons. The van der Waals surface area contributed by atoms with Crippen molar-refractivity contribution in [2.45, 2.75) is 11.8 Å². The lowest BCUT2D eigenvalue weighted by Gasteiger charge is -2.37. The van der Waals surface area contributed by atoms with Crippen molar-refractivity contribution in [3.05, 3.63) is 34.3 Å². The van der Waals surface area contributed by atoms with Gasteiger partial charge in [-0.3, -0.25) is 24.1 Å². The first-order chi connectivity index (χ1) is 10.3. The van der Waals surface area contributed by atoms with Crippen LogP contribution in [0.2, 0.25) is 5.02 Å². The van der Waals surface area contributed by atoms with Crippen molar-refractivity contribution in [3.8, 4) is 0 Å². The number of carbonyl (C=O) groups is 4. The highest BCUT2D eigenvalue weighted by atomic mass is 35.5. The van der Waals surface area contributed by atoms with Gasteiger partial charge in [-0.25, -0.2) is 0 Å². The van der Waals surface area contributed by atoms with Crippen molar-refractivity contribution in [2.24, 2.45) is 5.73 Å². The van der Waals surface area contributed by atoms with Crippen molar-refractivity contribution in [2.75, 3.05) is 14.2 Å². The Balaban J connectivity index is 2.84. The number of halogens is 1. The number of nitrogens with zero attached hydrogens (tertiary/aromatic N) is 1. The van der Waals surface area contributed by atoms with E-state index in [4.69, 9.17) is 22.1 Å². The van der Waals surface area contributed by atoms with Gasteiger partial charge in [0, 0.05) is 17.6 Å². The van der Waals surface area contributed by atoms with E-state index in [0.29, 0.717) is 0 Å². The second kappa shape index (κ2) is 5.42. The maximum Gasteiger partial charge on any atom is 0.326 e. The van der Waals surface area contributed by atoms with Gasteiger partial charge in [0.05, 0.1) is 13.5 Å². The molecule has 0 fully saturated rings. The molecule has 0 radical (unpaired) electrons. The zero-order chi connectivity index (χ0) is 16.7. The van der Waals surface area contributed by atoms with E-state index >= 15 is 0 Å². The van der Waals surface area contributed by atoms with Gasteiger partial charge in [0.25, 0.3) is 11.8 Å². The summed E-state index contributed by atoms with van der Waals surface area (Å²) in [6.07, 6.45) is -0.606. The van der Waals surface area contributed by atoms with Crippen LogP contribution >= 0.6 is 11.6 Å². The molecule has 1 unspecified atom stereocenters. The standard InChI is InChI=1S/C14H13ClN2O5/c1-17-11(19)8-5-7(15)3-4-9(8)14(12(17)20,6-10(16)18)13(21)22-2/h3-5H,6H2,1-2H3,(H2,16,18). The highest BCUT2D eigenvalue weighted by Gasteiger charge is 2.56. The first kappa shape index (κ1) is 16.0. The van der Waals surface area contributed by atoms with Gasteiger partial charge in [-0.05, 0) is 17.7 Å². The minimum atomic E-state index is -1.98. The van der Waals surface area contributed by atoms with Crippen molar-refractivity contribution in [3.63, 3.8) is 0 Å². The lowest BCUT2D eigenvalue weighted by atomic mass is 9.71. The van der Waals surface area contributed by atoms with E-state index in [0.717, 1.165) is 12.0 Å². The molecule has 8 heteroatoms. The van der Waals surface area contributed by atoms with Gasteiger partial charge in [0.1, 0.15) is 0 Å². The van der Waals surface area contributed by atoms with E-state index in [9.17, 15) is 19.2 Å². The highest BCUT2D eigenvalue weighted by Crippen LogP contribution is 2.39. The summed E-state index contributed by atoms with van der Waals surface area (Å²) >= 11 is 5.87. The number of fused-ring (bicyclic) bond motifs is 1. The maximum atomic E-state index is 12.6. The lowest BCUT2D eigenvalue weighted by molar-refractivity contribution is -0.157. The van der Waals surface area contributed by atoms with Crippen LogP contribution in [0.4, 0.5) is 0 Å². The van der Waals surface area contributed by atoms with Gasteiger partial charge in [-0.2, -0.15) is 0 Å². The summed E-state index contributed by atoms with van der Waals surface area (Å²) in [7, 11) is 2.30. The molecule has 0 saturated heterocycles. The molecule has 7 nitrogen and oxygen atoms in total. The Morgan fingerprint density at radius 1 is 1.36 bits per heavy atom. The molecule has 2 N–H and O–H groups in total. The Bertz CT molecular complexity index is 702. The van der Waals surface area contributed by atoms with E-state index in [1.54, 1.807) is 0 Å². The molecule has 1 atom stereocenters. The maximum absolute atomic E-state index is 12.6. The Labute approximate surface area is 131 Å². The summed E-state index contributed by atoms with van der Waals surface area (Å²) in [4.78, 5) is 49.4. The Kier molecular flexibility index (Phi) is 3.93. The molecule has 1 aromatic carbocycles. The zero-order valence-electron chi connectivity index (χ0n) is 11.9. The predicted octanol–water partition coefficient (Wildman–Crippen LogP) is 0.238. The van der Waals surface area contributed by atoms with Crippen molar-refractivity contribution in [1.29, 1.82) is 0 Å². The van der Waals surface area contributed by atoms with Crippen LogP contribution in [0.5, 0.6) is 0 Å². The number of esters is 1. The molecule has 0 saturated carbocycles. The number of likely N-dealkylation sites (N-methyl/N-ethyl adjacent to an activating group) is 1. The van der Waals surface area contributed by atoms with E-state index in [2.05, 4.69) is 0 Å². The van der Waals surface area contributed by atoms with E-state index < -0.39 is 35.5 Å². The van der Waals surface area contributed by atoms with E-state index in [-0.39, 0.29) is 16.1 Å². The van der Waals surface area contributed by atoms with Crippen LogP contribution < -0.4 is 5.73 Å². The number of methoxy groups -OCH3 is 1. The number of benzene rings is 1. The van der Waals surface area contributed by atoms with Crippen LogP contribution in [-0.4, -0.2) is 42.7 Å². The highest BCUT2D eigenvalue weighted by molar-refractivity contribution is 6.31. The van der Waals surface area contributed by atoms with Gasteiger partial charge in [-0.15, -0.1) is 0 Å². The molecule has 1 aliphatic rings. The van der Waals surface area contributed by atoms with Crippen LogP contribution in [-0.2, 0) is 24.5 Å². The van der Waals surface area contributed by atoms with Crippen molar-refractivity contribution >= 4 is 35.3 Å². The fourth-order valence-corrected chi connectivity index (χ4v) is 2.79. The van der Waals surface area contributed by atoms with Crippen molar-refractivity contribution in [1.82, 2.24) is 4.90 Å². The molecule has 1 aromatic rings. The number of nitrogens with two attached hydrogens (primary N) is 1. The Morgan fingerprint density at radius 3 is 2.55 bits per heavy atom. The fourth-order valence-electron chi connectivity index (χ4n) is 2.62. The quantitative estimate of drug-likeness (QED) is 0.487. The molecule has 0 aliphatic carbocycles. The summed E-state index contributed by atoms with van der Waals surface area (Å²) in [5.41, 5.74) is 3.34. The number of amides is 3. The number of rotatable bonds is 3. The summed E-state index contributed by atoms with van der Waals surface area (Å²) < 4.78 is 4.70. The molecular formula is C14H13ClN2O5. The van der Waals surface area contributed by atoms with Crippen LogP contribution in [0, 0.1) is 0 Å². The second-order valence-electron chi connectivity index (χ2n) is 4.90. The number of imide groups is 1. The third-order valence-corrected chi connectivity index (χ3v) is 3.85. The summed E-state index contributed by atoms with van der Waals surface area (Å²) in [6, 6.07) is 4.12. The van der Waals surface area contributed by atoms with Crippen LogP contribution in [0.1, 0.15) is 22.3 Å². The molecule has 22 heavy (non-hydrogen) atoms. The second-order valence-corrected chi connectivity index (χ2v) is 5.34. The molecule has 1 aliphatic heterocycles. The molecule has 0 bridgehead atoms. The van der Waals surface area contributed by atoms with Crippen LogP contribution in [0.3, 0.4) is 0 Å². The lowest BCUT2D eigenvalue weighted by Crippen LogP contribution is -2.58. The topological polar surface area (TPSA) is 107 Å². The number of hydrogen-bond donors (Lipinski definition) is 1.